The van der Waals surface area contributed by atoms with Gasteiger partial charge >= 0.3 is 5.97 Å². The molecule has 18 heavy (non-hydrogen) atoms. The van der Waals surface area contributed by atoms with E-state index in [0.717, 1.165) is 0 Å². The molecule has 0 aliphatic carbocycles. The molecule has 2 rings (SSSR count). The lowest BCUT2D eigenvalue weighted by Crippen LogP contribution is -2.08. The van der Waals surface area contributed by atoms with E-state index in [-0.39, 0.29) is 11.4 Å². The number of carbonyl (C=O) groups excluding carboxylic acids is 1. The third kappa shape index (κ3) is 1.83. The zero-order valence-electron chi connectivity index (χ0n) is 9.91. The number of methoxy groups -OCH3 is 1. The quantitative estimate of drug-likeness (QED) is 0.740. The maximum absolute atomic E-state index is 11.6. The van der Waals surface area contributed by atoms with Crippen LogP contribution in [0.25, 0.3) is 5.82 Å². The molecule has 0 fully saturated rings. The van der Waals surface area contributed by atoms with Gasteiger partial charge in [-0.2, -0.15) is 4.68 Å². The van der Waals surface area contributed by atoms with Crippen LogP contribution < -0.4 is 11.1 Å². The minimum atomic E-state index is -0.558. The number of rotatable bonds is 3. The predicted molar refractivity (Wildman–Crippen MR) is 64.5 cm³/mol. The number of nitrogens with two attached hydrogens (primary N) is 1. The number of nitrogen functional groups attached to an aromatic ring is 1. The van der Waals surface area contributed by atoms with E-state index in [1.165, 1.54) is 18.1 Å². The van der Waals surface area contributed by atoms with Gasteiger partial charge in [-0.1, -0.05) is 0 Å². The standard InChI is InChI=1S/C10H12N6O2/c1-12-9-7(10(17)18-2)8(11)16(15-9)6-3-4-13-5-14-6/h3-5H,11H2,1-2H3,(H,12,15). The van der Waals surface area contributed by atoms with Crippen molar-refractivity contribution in [1.82, 2.24) is 19.7 Å². The second-order valence-corrected chi connectivity index (χ2v) is 3.33. The molecule has 0 amide bonds. The monoisotopic (exact) mass is 248 g/mol. The third-order valence-corrected chi connectivity index (χ3v) is 2.33. The van der Waals surface area contributed by atoms with Crippen molar-refractivity contribution in [3.8, 4) is 5.82 Å². The maximum Gasteiger partial charge on any atom is 0.345 e. The summed E-state index contributed by atoms with van der Waals surface area (Å²) in [6.07, 6.45) is 2.92. The topological polar surface area (TPSA) is 108 Å². The highest BCUT2D eigenvalue weighted by Gasteiger charge is 2.23. The highest BCUT2D eigenvalue weighted by Crippen LogP contribution is 2.24. The van der Waals surface area contributed by atoms with Gasteiger partial charge in [0, 0.05) is 19.3 Å². The van der Waals surface area contributed by atoms with Crippen molar-refractivity contribution in [2.75, 3.05) is 25.2 Å². The second kappa shape index (κ2) is 4.70. The van der Waals surface area contributed by atoms with Crippen LogP contribution in [-0.2, 0) is 4.74 Å². The Morgan fingerprint density at radius 3 is 2.89 bits per heavy atom. The highest BCUT2D eigenvalue weighted by molar-refractivity contribution is 5.99. The summed E-state index contributed by atoms with van der Waals surface area (Å²) >= 11 is 0. The number of ether oxygens (including phenoxy) is 1. The molecule has 0 aromatic carbocycles. The van der Waals surface area contributed by atoms with Crippen molar-refractivity contribution in [2.24, 2.45) is 0 Å². The van der Waals surface area contributed by atoms with Crippen molar-refractivity contribution in [2.45, 2.75) is 0 Å². The first-order valence-corrected chi connectivity index (χ1v) is 5.10. The Kier molecular flexibility index (Phi) is 3.09. The fourth-order valence-electron chi connectivity index (χ4n) is 1.49. The Balaban J connectivity index is 2.58. The van der Waals surface area contributed by atoms with E-state index in [2.05, 4.69) is 25.1 Å². The second-order valence-electron chi connectivity index (χ2n) is 3.33. The number of esters is 1. The molecule has 0 aliphatic heterocycles. The van der Waals surface area contributed by atoms with Crippen LogP contribution in [-0.4, -0.2) is 39.9 Å². The molecule has 8 heteroatoms. The highest BCUT2D eigenvalue weighted by atomic mass is 16.5. The number of nitrogens with zero attached hydrogens (tertiary/aromatic N) is 4. The normalized spacial score (nSPS) is 10.1. The van der Waals surface area contributed by atoms with Crippen molar-refractivity contribution >= 4 is 17.6 Å². The maximum atomic E-state index is 11.6. The summed E-state index contributed by atoms with van der Waals surface area (Å²) in [5.74, 6) is 0.397. The van der Waals surface area contributed by atoms with Gasteiger partial charge < -0.3 is 15.8 Å². The largest absolute Gasteiger partial charge is 0.465 e. The van der Waals surface area contributed by atoms with Crippen LogP contribution >= 0.6 is 0 Å². The number of nitrogens with one attached hydrogen (secondary N) is 1. The van der Waals surface area contributed by atoms with E-state index in [1.54, 1.807) is 19.3 Å². The molecule has 2 heterocycles. The molecule has 2 aromatic heterocycles. The molecule has 0 atom stereocenters. The number of aromatic nitrogens is 4. The van der Waals surface area contributed by atoms with Crippen LogP contribution in [0, 0.1) is 0 Å². The van der Waals surface area contributed by atoms with Crippen LogP contribution in [0.4, 0.5) is 11.6 Å². The van der Waals surface area contributed by atoms with Crippen molar-refractivity contribution in [3.63, 3.8) is 0 Å². The first kappa shape index (κ1) is 11.8. The summed E-state index contributed by atoms with van der Waals surface area (Å²) in [5, 5.41) is 6.94. The average molecular weight is 248 g/mol. The number of hydrogen-bond donors (Lipinski definition) is 2. The Hall–Kier alpha value is -2.64. The first-order valence-electron chi connectivity index (χ1n) is 5.10. The van der Waals surface area contributed by atoms with Gasteiger partial charge in [0.2, 0.25) is 0 Å². The third-order valence-electron chi connectivity index (χ3n) is 2.33. The summed E-state index contributed by atoms with van der Waals surface area (Å²) in [7, 11) is 2.92. The van der Waals surface area contributed by atoms with E-state index in [9.17, 15) is 4.79 Å². The molecule has 0 spiro atoms. The molecule has 94 valence electrons. The molecule has 0 bridgehead atoms. The fraction of sp³-hybridized carbons (Fsp3) is 0.200. The lowest BCUT2D eigenvalue weighted by atomic mass is 10.3. The molecule has 0 radical (unpaired) electrons. The zero-order valence-corrected chi connectivity index (χ0v) is 9.91. The zero-order chi connectivity index (χ0) is 13.1. The minimum absolute atomic E-state index is 0.157. The van der Waals surface area contributed by atoms with Crippen LogP contribution in [0.5, 0.6) is 0 Å². The number of hydrogen-bond acceptors (Lipinski definition) is 7. The SMILES string of the molecule is CNc1nn(-c2ccncn2)c(N)c1C(=O)OC. The van der Waals surface area contributed by atoms with Crippen molar-refractivity contribution < 1.29 is 9.53 Å². The summed E-state index contributed by atoms with van der Waals surface area (Å²) in [4.78, 5) is 19.4. The number of anilines is 2. The molecule has 2 aromatic rings. The Morgan fingerprint density at radius 1 is 1.56 bits per heavy atom. The Bertz CT molecular complexity index is 565. The smallest absolute Gasteiger partial charge is 0.345 e. The lowest BCUT2D eigenvalue weighted by Gasteiger charge is -2.02. The van der Waals surface area contributed by atoms with Gasteiger partial charge in [-0.25, -0.2) is 14.8 Å². The van der Waals surface area contributed by atoms with Crippen LogP contribution in [0.2, 0.25) is 0 Å². The molecular weight excluding hydrogens is 236 g/mol. The fourth-order valence-corrected chi connectivity index (χ4v) is 1.49. The van der Waals surface area contributed by atoms with Crippen LogP contribution in [0.3, 0.4) is 0 Å². The molecule has 3 N–H and O–H groups in total. The molecule has 0 saturated heterocycles. The summed E-state index contributed by atoms with van der Waals surface area (Å²) in [5.41, 5.74) is 6.07. The van der Waals surface area contributed by atoms with Gasteiger partial charge in [-0.15, -0.1) is 5.10 Å². The van der Waals surface area contributed by atoms with E-state index in [4.69, 9.17) is 5.73 Å². The summed E-state index contributed by atoms with van der Waals surface area (Å²) in [6.45, 7) is 0. The first-order chi connectivity index (χ1) is 8.69. The number of carbonyl (C=O) groups is 1. The van der Waals surface area contributed by atoms with Crippen LogP contribution in [0.15, 0.2) is 18.6 Å². The van der Waals surface area contributed by atoms with Crippen molar-refractivity contribution in [1.29, 1.82) is 0 Å². The average Bonchev–Trinajstić information content (AvgIpc) is 2.76. The molecular formula is C10H12N6O2. The Labute approximate surface area is 103 Å². The summed E-state index contributed by atoms with van der Waals surface area (Å²) < 4.78 is 6.01. The van der Waals surface area contributed by atoms with E-state index >= 15 is 0 Å². The van der Waals surface area contributed by atoms with Crippen molar-refractivity contribution in [3.05, 3.63) is 24.2 Å². The van der Waals surface area contributed by atoms with Crippen LogP contribution in [0.1, 0.15) is 10.4 Å². The van der Waals surface area contributed by atoms with Gasteiger partial charge in [0.15, 0.2) is 11.6 Å². The molecule has 0 saturated carbocycles. The van der Waals surface area contributed by atoms with E-state index in [0.29, 0.717) is 11.6 Å². The lowest BCUT2D eigenvalue weighted by molar-refractivity contribution is 0.0603. The van der Waals surface area contributed by atoms with Gasteiger partial charge in [0.25, 0.3) is 0 Å². The minimum Gasteiger partial charge on any atom is -0.465 e. The van der Waals surface area contributed by atoms with Gasteiger partial charge in [-0.05, 0) is 0 Å². The molecule has 8 nitrogen and oxygen atoms in total. The molecule has 0 unspecified atom stereocenters. The van der Waals surface area contributed by atoms with E-state index < -0.39 is 5.97 Å². The Morgan fingerprint density at radius 2 is 2.33 bits per heavy atom. The van der Waals surface area contributed by atoms with Gasteiger partial charge in [-0.3, -0.25) is 0 Å². The van der Waals surface area contributed by atoms with E-state index in [1.807, 2.05) is 0 Å². The van der Waals surface area contributed by atoms with Gasteiger partial charge in [0.05, 0.1) is 7.11 Å². The summed E-state index contributed by atoms with van der Waals surface area (Å²) in [6, 6.07) is 1.63. The molecule has 0 aliphatic rings. The van der Waals surface area contributed by atoms with Gasteiger partial charge in [0.1, 0.15) is 17.7 Å². The predicted octanol–water partition coefficient (Wildman–Crippen LogP) is 0.0728.